The van der Waals surface area contributed by atoms with E-state index >= 15 is 0 Å². The van der Waals surface area contributed by atoms with Crippen molar-refractivity contribution >= 4 is 22.9 Å². The Labute approximate surface area is 165 Å². The Balaban J connectivity index is 1.73. The number of aromatic nitrogens is 2. The molecule has 0 aliphatic carbocycles. The van der Waals surface area contributed by atoms with Crippen molar-refractivity contribution in [2.75, 3.05) is 32.7 Å². The number of amides is 2. The first kappa shape index (κ1) is 20.3. The molecule has 0 spiro atoms. The number of nitrogens with zero attached hydrogens (tertiary/aromatic N) is 4. The van der Waals surface area contributed by atoms with Crippen molar-refractivity contribution in [2.45, 2.75) is 46.6 Å². The van der Waals surface area contributed by atoms with Gasteiger partial charge < -0.3 is 14.7 Å². The zero-order valence-electron chi connectivity index (χ0n) is 17.3. The molecule has 0 saturated carbocycles. The fourth-order valence-corrected chi connectivity index (χ4v) is 3.43. The highest BCUT2D eigenvalue weighted by atomic mass is 16.5. The van der Waals surface area contributed by atoms with Gasteiger partial charge >= 0.3 is 0 Å². The molecule has 1 aliphatic rings. The normalized spacial score (nSPS) is 15.6. The molecule has 1 fully saturated rings. The van der Waals surface area contributed by atoms with Gasteiger partial charge in [-0.15, -0.1) is 0 Å². The maximum atomic E-state index is 13.2. The van der Waals surface area contributed by atoms with Gasteiger partial charge in [-0.2, -0.15) is 0 Å². The topological polar surface area (TPSA) is 91.6 Å². The van der Waals surface area contributed by atoms with Crippen LogP contribution in [0.15, 0.2) is 10.6 Å². The average Bonchev–Trinajstić information content (AvgIpc) is 3.01. The number of rotatable bonds is 5. The minimum atomic E-state index is -0.0353. The monoisotopic (exact) mass is 387 g/mol. The average molecular weight is 387 g/mol. The predicted molar refractivity (Wildman–Crippen MR) is 106 cm³/mol. The van der Waals surface area contributed by atoms with E-state index in [0.29, 0.717) is 55.1 Å². The van der Waals surface area contributed by atoms with Crippen LogP contribution in [0, 0.1) is 6.92 Å². The van der Waals surface area contributed by atoms with Crippen LogP contribution in [0.1, 0.15) is 55.4 Å². The van der Waals surface area contributed by atoms with E-state index in [1.54, 1.807) is 0 Å². The molecule has 3 heterocycles. The van der Waals surface area contributed by atoms with Gasteiger partial charge in [0.2, 0.25) is 5.91 Å². The Kier molecular flexibility index (Phi) is 5.98. The number of hydrogen-bond acceptors (Lipinski definition) is 6. The molecule has 1 saturated heterocycles. The quantitative estimate of drug-likeness (QED) is 0.843. The molecule has 0 unspecified atom stereocenters. The van der Waals surface area contributed by atoms with Gasteiger partial charge in [0.1, 0.15) is 0 Å². The lowest BCUT2D eigenvalue weighted by Gasteiger charge is -2.34. The van der Waals surface area contributed by atoms with Crippen molar-refractivity contribution in [2.24, 2.45) is 0 Å². The van der Waals surface area contributed by atoms with Crippen LogP contribution in [-0.4, -0.2) is 70.5 Å². The second-order valence-corrected chi connectivity index (χ2v) is 7.99. The zero-order chi connectivity index (χ0) is 20.4. The van der Waals surface area contributed by atoms with Crippen molar-refractivity contribution in [3.05, 3.63) is 23.0 Å². The van der Waals surface area contributed by atoms with Gasteiger partial charge in [-0.05, 0) is 32.8 Å². The van der Waals surface area contributed by atoms with Gasteiger partial charge in [0.15, 0.2) is 0 Å². The highest BCUT2D eigenvalue weighted by Crippen LogP contribution is 2.26. The van der Waals surface area contributed by atoms with Crippen LogP contribution in [-0.2, 0) is 4.79 Å². The summed E-state index contributed by atoms with van der Waals surface area (Å²) >= 11 is 0. The number of carbonyl (C=O) groups excluding carboxylic acids is 2. The fourth-order valence-electron chi connectivity index (χ4n) is 3.43. The van der Waals surface area contributed by atoms with E-state index in [1.165, 1.54) is 0 Å². The van der Waals surface area contributed by atoms with E-state index in [9.17, 15) is 9.59 Å². The lowest BCUT2D eigenvalue weighted by Crippen LogP contribution is -2.51. The third kappa shape index (κ3) is 4.32. The highest BCUT2D eigenvalue weighted by Gasteiger charge is 2.27. The maximum absolute atomic E-state index is 13.2. The molecule has 0 radical (unpaired) electrons. The molecule has 2 aromatic heterocycles. The lowest BCUT2D eigenvalue weighted by atomic mass is 10.0. The third-order valence-electron chi connectivity index (χ3n) is 4.94. The van der Waals surface area contributed by atoms with E-state index in [4.69, 9.17) is 4.52 Å². The minimum Gasteiger partial charge on any atom is -0.353 e. The lowest BCUT2D eigenvalue weighted by molar-refractivity contribution is -0.123. The summed E-state index contributed by atoms with van der Waals surface area (Å²) in [7, 11) is 0. The largest absolute Gasteiger partial charge is 0.353 e. The first-order valence-electron chi connectivity index (χ1n) is 9.84. The molecule has 0 atom stereocenters. The summed E-state index contributed by atoms with van der Waals surface area (Å²) in [6, 6.07) is 1.99. The van der Waals surface area contributed by atoms with Gasteiger partial charge in [-0.25, -0.2) is 4.98 Å². The van der Waals surface area contributed by atoms with Gasteiger partial charge in [0.25, 0.3) is 11.6 Å². The molecule has 0 aromatic carbocycles. The van der Waals surface area contributed by atoms with Crippen molar-refractivity contribution < 1.29 is 14.1 Å². The third-order valence-corrected chi connectivity index (χ3v) is 4.94. The SMILES string of the molecule is Cc1noc2nc(C(C)C)cc(C(=O)N3CCN(CC(=O)NC(C)C)CC3)c12. The highest BCUT2D eigenvalue weighted by molar-refractivity contribution is 6.06. The molecule has 8 heteroatoms. The van der Waals surface area contributed by atoms with E-state index in [0.717, 1.165) is 5.69 Å². The Morgan fingerprint density at radius 1 is 1.18 bits per heavy atom. The van der Waals surface area contributed by atoms with Crippen molar-refractivity contribution in [3.8, 4) is 0 Å². The van der Waals surface area contributed by atoms with Crippen LogP contribution < -0.4 is 5.32 Å². The molecule has 28 heavy (non-hydrogen) atoms. The van der Waals surface area contributed by atoms with Crippen molar-refractivity contribution in [3.63, 3.8) is 0 Å². The van der Waals surface area contributed by atoms with E-state index in [2.05, 4.69) is 20.4 Å². The number of aryl methyl sites for hydroxylation is 1. The van der Waals surface area contributed by atoms with Gasteiger partial charge in [0, 0.05) is 37.9 Å². The molecular weight excluding hydrogens is 358 g/mol. The van der Waals surface area contributed by atoms with Crippen LogP contribution in [0.5, 0.6) is 0 Å². The molecule has 152 valence electrons. The van der Waals surface area contributed by atoms with Crippen molar-refractivity contribution in [1.29, 1.82) is 0 Å². The van der Waals surface area contributed by atoms with Crippen LogP contribution >= 0.6 is 0 Å². The smallest absolute Gasteiger partial charge is 0.259 e. The van der Waals surface area contributed by atoms with E-state index in [1.807, 2.05) is 45.6 Å². The molecule has 1 aliphatic heterocycles. The molecule has 2 aromatic rings. The number of carbonyl (C=O) groups is 2. The van der Waals surface area contributed by atoms with E-state index < -0.39 is 0 Å². The molecule has 3 rings (SSSR count). The Morgan fingerprint density at radius 2 is 1.86 bits per heavy atom. The van der Waals surface area contributed by atoms with Gasteiger partial charge in [-0.1, -0.05) is 19.0 Å². The first-order valence-corrected chi connectivity index (χ1v) is 9.84. The molecule has 1 N–H and O–H groups in total. The second kappa shape index (κ2) is 8.26. The summed E-state index contributed by atoms with van der Waals surface area (Å²) in [6.45, 7) is 12.7. The summed E-state index contributed by atoms with van der Waals surface area (Å²) < 4.78 is 5.33. The van der Waals surface area contributed by atoms with Crippen LogP contribution in [0.2, 0.25) is 0 Å². The summed E-state index contributed by atoms with van der Waals surface area (Å²) in [4.78, 5) is 33.6. The van der Waals surface area contributed by atoms with Gasteiger partial charge in [0.05, 0.1) is 23.2 Å². The Hall–Kier alpha value is -2.48. The summed E-state index contributed by atoms with van der Waals surface area (Å²) in [5.41, 5.74) is 2.50. The van der Waals surface area contributed by atoms with E-state index in [-0.39, 0.29) is 23.8 Å². The molecule has 2 amide bonds. The molecular formula is C20H29N5O3. The predicted octanol–water partition coefficient (Wildman–Crippen LogP) is 1.94. The zero-order valence-corrected chi connectivity index (χ0v) is 17.3. The summed E-state index contributed by atoms with van der Waals surface area (Å²) in [5, 5.41) is 7.58. The standard InChI is InChI=1S/C20H29N5O3/c1-12(2)16-10-15(18-14(5)23-28-19(18)22-16)20(27)25-8-6-24(7-9-25)11-17(26)21-13(3)4/h10,12-13H,6-9,11H2,1-5H3,(H,21,26). The maximum Gasteiger partial charge on any atom is 0.259 e. The van der Waals surface area contributed by atoms with Crippen molar-refractivity contribution in [1.82, 2.24) is 25.3 Å². The minimum absolute atomic E-state index is 0.0206. The first-order chi connectivity index (χ1) is 13.3. The Bertz CT molecular complexity index is 866. The number of pyridine rings is 1. The van der Waals surface area contributed by atoms with Crippen LogP contribution in [0.4, 0.5) is 0 Å². The Morgan fingerprint density at radius 3 is 2.46 bits per heavy atom. The fraction of sp³-hybridized carbons (Fsp3) is 0.600. The number of piperazine rings is 1. The number of nitrogens with one attached hydrogen (secondary N) is 1. The summed E-state index contributed by atoms with van der Waals surface area (Å²) in [5.74, 6) is 0.164. The van der Waals surface area contributed by atoms with Gasteiger partial charge in [-0.3, -0.25) is 14.5 Å². The number of fused-ring (bicyclic) bond motifs is 1. The number of hydrogen-bond donors (Lipinski definition) is 1. The van der Waals surface area contributed by atoms with Crippen LogP contribution in [0.25, 0.3) is 11.1 Å². The second-order valence-electron chi connectivity index (χ2n) is 7.99. The summed E-state index contributed by atoms with van der Waals surface area (Å²) in [6.07, 6.45) is 0. The van der Waals surface area contributed by atoms with Crippen LogP contribution in [0.3, 0.4) is 0 Å². The molecule has 0 bridgehead atoms. The molecule has 8 nitrogen and oxygen atoms in total.